The van der Waals surface area contributed by atoms with Gasteiger partial charge in [0.2, 0.25) is 15.9 Å². The predicted octanol–water partition coefficient (Wildman–Crippen LogP) is -0.127. The van der Waals surface area contributed by atoms with E-state index in [1.807, 2.05) is 0 Å². The first-order chi connectivity index (χ1) is 10.9. The molecule has 1 aromatic carbocycles. The molecular formula is C14H17N5O3S. The third-order valence-electron chi connectivity index (χ3n) is 3.96. The number of nitrogens with one attached hydrogen (secondary N) is 2. The Hall–Kier alpha value is -2.26. The summed E-state index contributed by atoms with van der Waals surface area (Å²) in [6.07, 6.45) is 2.07. The van der Waals surface area contributed by atoms with Gasteiger partial charge < -0.3 is 5.32 Å². The van der Waals surface area contributed by atoms with Gasteiger partial charge in [-0.15, -0.1) is 0 Å². The first-order valence-electron chi connectivity index (χ1n) is 7.21. The Morgan fingerprint density at radius 1 is 1.26 bits per heavy atom. The summed E-state index contributed by atoms with van der Waals surface area (Å²) in [7, 11) is -3.69. The molecule has 1 aliphatic rings. The van der Waals surface area contributed by atoms with Crippen LogP contribution in [0.5, 0.6) is 0 Å². The van der Waals surface area contributed by atoms with E-state index in [1.54, 1.807) is 12.1 Å². The van der Waals surface area contributed by atoms with Crippen LogP contribution in [0.2, 0.25) is 0 Å². The van der Waals surface area contributed by atoms with Crippen LogP contribution in [0, 0.1) is 5.92 Å². The van der Waals surface area contributed by atoms with Gasteiger partial charge in [-0.3, -0.25) is 4.79 Å². The lowest BCUT2D eigenvalue weighted by Gasteiger charge is -2.19. The Kier molecular flexibility index (Phi) is 4.14. The fraction of sp³-hybridized carbons (Fsp3) is 0.357. The molecule has 1 aliphatic carbocycles. The molecule has 3 rings (SSSR count). The van der Waals surface area contributed by atoms with Crippen LogP contribution in [-0.2, 0) is 34.2 Å². The van der Waals surface area contributed by atoms with Crippen LogP contribution < -0.4 is 10.5 Å². The minimum absolute atomic E-state index is 0.0332. The molecule has 4 N–H and O–H groups in total. The Morgan fingerprint density at radius 2 is 1.96 bits per heavy atom. The molecule has 0 radical (unpaired) electrons. The highest BCUT2D eigenvalue weighted by atomic mass is 32.2. The van der Waals surface area contributed by atoms with E-state index < -0.39 is 10.0 Å². The first kappa shape index (κ1) is 15.6. The monoisotopic (exact) mass is 335 g/mol. The second-order valence-corrected chi connectivity index (χ2v) is 7.12. The van der Waals surface area contributed by atoms with E-state index in [4.69, 9.17) is 5.14 Å². The number of sulfonamides is 1. The number of carbonyl (C=O) groups is 1. The van der Waals surface area contributed by atoms with Gasteiger partial charge in [0.05, 0.1) is 16.3 Å². The summed E-state index contributed by atoms with van der Waals surface area (Å²) >= 11 is 0. The summed E-state index contributed by atoms with van der Waals surface area (Å²) in [4.78, 5) is 12.3. The van der Waals surface area contributed by atoms with Gasteiger partial charge in [0.1, 0.15) is 0 Å². The number of aryl methyl sites for hydroxylation is 1. The summed E-state index contributed by atoms with van der Waals surface area (Å²) in [6.45, 7) is 0.339. The van der Waals surface area contributed by atoms with Gasteiger partial charge in [0, 0.05) is 18.9 Å². The zero-order chi connectivity index (χ0) is 16.4. The van der Waals surface area contributed by atoms with Gasteiger partial charge in [-0.05, 0) is 30.5 Å². The van der Waals surface area contributed by atoms with Crippen molar-refractivity contribution in [2.45, 2.75) is 30.7 Å². The molecule has 0 bridgehead atoms. The number of benzene rings is 1. The quantitative estimate of drug-likeness (QED) is 0.716. The third-order valence-corrected chi connectivity index (χ3v) is 4.89. The minimum Gasteiger partial charge on any atom is -0.352 e. The first-order valence-corrected chi connectivity index (χ1v) is 8.76. The molecule has 1 amide bonds. The summed E-state index contributed by atoms with van der Waals surface area (Å²) < 4.78 is 22.4. The van der Waals surface area contributed by atoms with Crippen LogP contribution >= 0.6 is 0 Å². The topological polar surface area (TPSA) is 131 Å². The van der Waals surface area contributed by atoms with Crippen LogP contribution in [0.3, 0.4) is 0 Å². The molecular weight excluding hydrogens is 318 g/mol. The number of aromatic amines is 1. The number of carbonyl (C=O) groups excluding carboxylic acids is 1. The number of amides is 1. The van der Waals surface area contributed by atoms with Gasteiger partial charge in [0.15, 0.2) is 0 Å². The number of rotatable bonds is 4. The molecule has 1 atom stereocenters. The summed E-state index contributed by atoms with van der Waals surface area (Å²) in [5.41, 5.74) is 2.60. The van der Waals surface area contributed by atoms with Crippen LogP contribution in [0.4, 0.5) is 0 Å². The van der Waals surface area contributed by atoms with Gasteiger partial charge >= 0.3 is 0 Å². The molecule has 1 aromatic heterocycles. The number of nitrogens with zero attached hydrogens (tertiary/aromatic N) is 2. The number of primary sulfonamides is 1. The molecule has 0 fully saturated rings. The molecule has 0 saturated carbocycles. The van der Waals surface area contributed by atoms with E-state index in [1.165, 1.54) is 12.1 Å². The SMILES string of the molecule is NS(=O)(=O)c1ccc(CNC(=O)C2CCc3n[nH]nc3C2)cc1. The lowest BCUT2D eigenvalue weighted by atomic mass is 9.89. The number of fused-ring (bicyclic) bond motifs is 1. The van der Waals surface area contributed by atoms with Gasteiger partial charge in [-0.1, -0.05) is 12.1 Å². The lowest BCUT2D eigenvalue weighted by Crippen LogP contribution is -2.33. The number of aromatic nitrogens is 3. The highest BCUT2D eigenvalue weighted by Gasteiger charge is 2.26. The molecule has 1 heterocycles. The van der Waals surface area contributed by atoms with Crippen LogP contribution in [0.15, 0.2) is 29.2 Å². The zero-order valence-electron chi connectivity index (χ0n) is 12.3. The summed E-state index contributed by atoms with van der Waals surface area (Å²) in [6, 6.07) is 6.13. The smallest absolute Gasteiger partial charge is 0.238 e. The molecule has 0 spiro atoms. The average molecular weight is 335 g/mol. The second-order valence-electron chi connectivity index (χ2n) is 5.56. The number of hydrogen-bond acceptors (Lipinski definition) is 5. The van der Waals surface area contributed by atoms with E-state index in [-0.39, 0.29) is 16.7 Å². The van der Waals surface area contributed by atoms with Crippen molar-refractivity contribution in [1.82, 2.24) is 20.7 Å². The largest absolute Gasteiger partial charge is 0.352 e. The zero-order valence-corrected chi connectivity index (χ0v) is 13.1. The van der Waals surface area contributed by atoms with Crippen molar-refractivity contribution in [3.8, 4) is 0 Å². The maximum Gasteiger partial charge on any atom is 0.238 e. The maximum atomic E-state index is 12.2. The molecule has 8 nitrogen and oxygen atoms in total. The van der Waals surface area contributed by atoms with E-state index >= 15 is 0 Å². The number of nitrogens with two attached hydrogens (primary N) is 1. The maximum absolute atomic E-state index is 12.2. The highest BCUT2D eigenvalue weighted by Crippen LogP contribution is 2.22. The van der Waals surface area contributed by atoms with Crippen molar-refractivity contribution in [2.75, 3.05) is 0 Å². The normalized spacial score (nSPS) is 17.5. The van der Waals surface area contributed by atoms with Crippen molar-refractivity contribution >= 4 is 15.9 Å². The van der Waals surface area contributed by atoms with Crippen molar-refractivity contribution in [3.63, 3.8) is 0 Å². The van der Waals surface area contributed by atoms with E-state index in [9.17, 15) is 13.2 Å². The Balaban J connectivity index is 1.57. The van der Waals surface area contributed by atoms with Crippen LogP contribution in [0.1, 0.15) is 23.4 Å². The van der Waals surface area contributed by atoms with Crippen molar-refractivity contribution in [3.05, 3.63) is 41.2 Å². The van der Waals surface area contributed by atoms with Gasteiger partial charge in [-0.25, -0.2) is 13.6 Å². The summed E-state index contributed by atoms with van der Waals surface area (Å²) in [5.74, 6) is -0.148. The number of H-pyrrole nitrogens is 1. The van der Waals surface area contributed by atoms with Gasteiger partial charge in [0.25, 0.3) is 0 Å². The molecule has 2 aromatic rings. The molecule has 1 unspecified atom stereocenters. The minimum atomic E-state index is -3.69. The fourth-order valence-electron chi connectivity index (χ4n) is 2.64. The van der Waals surface area contributed by atoms with Crippen molar-refractivity contribution < 1.29 is 13.2 Å². The van der Waals surface area contributed by atoms with E-state index in [0.29, 0.717) is 13.0 Å². The average Bonchev–Trinajstić information content (AvgIpc) is 2.99. The lowest BCUT2D eigenvalue weighted by molar-refractivity contribution is -0.125. The standard InChI is InChI=1S/C14H17N5O3S/c15-23(21,22)11-4-1-9(2-5-11)8-16-14(20)10-3-6-12-13(7-10)18-19-17-12/h1-2,4-5,10H,3,6-8H2,(H,16,20)(H2,15,21,22)(H,17,18,19). The molecule has 0 saturated heterocycles. The molecule has 23 heavy (non-hydrogen) atoms. The Bertz CT molecular complexity index is 813. The fourth-order valence-corrected chi connectivity index (χ4v) is 3.15. The summed E-state index contributed by atoms with van der Waals surface area (Å²) in [5, 5.41) is 18.6. The second kappa shape index (κ2) is 6.09. The van der Waals surface area contributed by atoms with Crippen molar-refractivity contribution in [1.29, 1.82) is 0 Å². The molecule has 0 aliphatic heterocycles. The predicted molar refractivity (Wildman–Crippen MR) is 81.6 cm³/mol. The van der Waals surface area contributed by atoms with E-state index in [2.05, 4.69) is 20.7 Å². The van der Waals surface area contributed by atoms with Crippen LogP contribution in [0.25, 0.3) is 0 Å². The molecule has 9 heteroatoms. The van der Waals surface area contributed by atoms with E-state index in [0.717, 1.165) is 29.8 Å². The molecule has 122 valence electrons. The van der Waals surface area contributed by atoms with Crippen LogP contribution in [-0.4, -0.2) is 29.7 Å². The van der Waals surface area contributed by atoms with Crippen molar-refractivity contribution in [2.24, 2.45) is 11.1 Å². The highest BCUT2D eigenvalue weighted by molar-refractivity contribution is 7.89. The number of hydrogen-bond donors (Lipinski definition) is 3. The Labute approximate surface area is 133 Å². The third kappa shape index (κ3) is 3.57. The Morgan fingerprint density at radius 3 is 2.65 bits per heavy atom. The van der Waals surface area contributed by atoms with Gasteiger partial charge in [-0.2, -0.15) is 15.4 Å².